The van der Waals surface area contributed by atoms with Crippen LogP contribution in [0.2, 0.25) is 0 Å². The number of nitrogens with zero attached hydrogens (tertiary/aromatic N) is 1. The van der Waals surface area contributed by atoms with Gasteiger partial charge in [-0.25, -0.2) is 4.99 Å². The zero-order chi connectivity index (χ0) is 17.8. The van der Waals surface area contributed by atoms with Crippen LogP contribution in [-0.2, 0) is 4.74 Å². The van der Waals surface area contributed by atoms with Gasteiger partial charge in [-0.3, -0.25) is 0 Å². The summed E-state index contributed by atoms with van der Waals surface area (Å²) in [7, 11) is 0. The quantitative estimate of drug-likeness (QED) is 0.308. The summed E-state index contributed by atoms with van der Waals surface area (Å²) >= 11 is 0. The molecule has 0 saturated carbocycles. The molecule has 1 aliphatic rings. The van der Waals surface area contributed by atoms with E-state index in [2.05, 4.69) is 39.6 Å². The van der Waals surface area contributed by atoms with Gasteiger partial charge in [0, 0.05) is 6.42 Å². The van der Waals surface area contributed by atoms with Crippen LogP contribution in [0.15, 0.2) is 4.99 Å². The fourth-order valence-electron chi connectivity index (χ4n) is 3.75. The number of hydrogen-bond acceptors (Lipinski definition) is 2. The highest BCUT2D eigenvalue weighted by molar-refractivity contribution is 5.78. The van der Waals surface area contributed by atoms with Crippen molar-refractivity contribution in [3.63, 3.8) is 0 Å². The second-order valence-corrected chi connectivity index (χ2v) is 8.85. The Labute approximate surface area is 151 Å². The summed E-state index contributed by atoms with van der Waals surface area (Å²) in [5, 5.41) is 0. The van der Waals surface area contributed by atoms with Crippen LogP contribution in [0.4, 0.5) is 0 Å². The molecule has 2 unspecified atom stereocenters. The SMILES string of the molecule is CCCCCCC(C)CC(C)CCCCCCC1=NC(C)(C)CO1. The van der Waals surface area contributed by atoms with Crippen molar-refractivity contribution >= 4 is 5.90 Å². The molecule has 0 aromatic heterocycles. The highest BCUT2D eigenvalue weighted by Crippen LogP contribution is 2.23. The summed E-state index contributed by atoms with van der Waals surface area (Å²) in [4.78, 5) is 4.63. The molecule has 0 N–H and O–H groups in total. The lowest BCUT2D eigenvalue weighted by atomic mass is 9.89. The van der Waals surface area contributed by atoms with Gasteiger partial charge in [0.05, 0.1) is 5.54 Å². The van der Waals surface area contributed by atoms with Gasteiger partial charge in [0.25, 0.3) is 0 Å². The van der Waals surface area contributed by atoms with Crippen molar-refractivity contribution in [1.82, 2.24) is 0 Å². The largest absolute Gasteiger partial charge is 0.478 e. The molecule has 0 aliphatic carbocycles. The molecule has 2 heteroatoms. The van der Waals surface area contributed by atoms with Gasteiger partial charge in [-0.15, -0.1) is 0 Å². The molecule has 0 fully saturated rings. The van der Waals surface area contributed by atoms with E-state index in [9.17, 15) is 0 Å². The van der Waals surface area contributed by atoms with Crippen LogP contribution < -0.4 is 0 Å². The molecule has 0 aromatic rings. The average molecular weight is 338 g/mol. The molecule has 0 spiro atoms. The molecule has 0 amide bonds. The van der Waals surface area contributed by atoms with Crippen molar-refractivity contribution in [2.45, 2.75) is 117 Å². The number of rotatable bonds is 14. The molecule has 142 valence electrons. The van der Waals surface area contributed by atoms with E-state index in [1.165, 1.54) is 70.6 Å². The Morgan fingerprint density at radius 1 is 0.917 bits per heavy atom. The zero-order valence-electron chi connectivity index (χ0n) is 17.2. The predicted octanol–water partition coefficient (Wildman–Crippen LogP) is 7.17. The molecule has 0 radical (unpaired) electrons. The van der Waals surface area contributed by atoms with Crippen molar-refractivity contribution in [2.75, 3.05) is 6.61 Å². The van der Waals surface area contributed by atoms with Crippen LogP contribution in [0, 0.1) is 11.8 Å². The highest BCUT2D eigenvalue weighted by Gasteiger charge is 2.25. The van der Waals surface area contributed by atoms with Gasteiger partial charge >= 0.3 is 0 Å². The van der Waals surface area contributed by atoms with Crippen molar-refractivity contribution in [1.29, 1.82) is 0 Å². The van der Waals surface area contributed by atoms with Crippen LogP contribution in [0.3, 0.4) is 0 Å². The third kappa shape index (κ3) is 10.4. The summed E-state index contributed by atoms with van der Waals surface area (Å²) in [5.41, 5.74) is 0.0119. The van der Waals surface area contributed by atoms with Gasteiger partial charge in [-0.2, -0.15) is 0 Å². The van der Waals surface area contributed by atoms with E-state index >= 15 is 0 Å². The Hall–Kier alpha value is -0.530. The molecule has 24 heavy (non-hydrogen) atoms. The zero-order valence-corrected chi connectivity index (χ0v) is 17.2. The van der Waals surface area contributed by atoms with Crippen molar-refractivity contribution in [3.8, 4) is 0 Å². The fourth-order valence-corrected chi connectivity index (χ4v) is 3.75. The first-order chi connectivity index (χ1) is 11.4. The van der Waals surface area contributed by atoms with Crippen LogP contribution >= 0.6 is 0 Å². The Kier molecular flexibility index (Phi) is 10.7. The van der Waals surface area contributed by atoms with E-state index < -0.39 is 0 Å². The van der Waals surface area contributed by atoms with Crippen LogP contribution in [0.1, 0.15) is 112 Å². The third-order valence-corrected chi connectivity index (χ3v) is 5.21. The van der Waals surface area contributed by atoms with Gasteiger partial charge in [0.1, 0.15) is 6.61 Å². The number of hydrogen-bond donors (Lipinski definition) is 0. The lowest BCUT2D eigenvalue weighted by molar-refractivity contribution is 0.273. The maximum atomic E-state index is 5.65. The third-order valence-electron chi connectivity index (χ3n) is 5.21. The summed E-state index contributed by atoms with van der Waals surface area (Å²) in [6.07, 6.45) is 16.2. The van der Waals surface area contributed by atoms with Gasteiger partial charge < -0.3 is 4.74 Å². The van der Waals surface area contributed by atoms with Gasteiger partial charge in [-0.1, -0.05) is 78.6 Å². The van der Waals surface area contributed by atoms with Crippen molar-refractivity contribution < 1.29 is 4.74 Å². The van der Waals surface area contributed by atoms with Crippen LogP contribution in [0.5, 0.6) is 0 Å². The Morgan fingerprint density at radius 3 is 2.04 bits per heavy atom. The Morgan fingerprint density at radius 2 is 1.50 bits per heavy atom. The molecule has 1 rings (SSSR count). The molecular formula is C22H43NO. The van der Waals surface area contributed by atoms with E-state index in [0.717, 1.165) is 30.8 Å². The predicted molar refractivity (Wildman–Crippen MR) is 107 cm³/mol. The van der Waals surface area contributed by atoms with E-state index in [-0.39, 0.29) is 5.54 Å². The first-order valence-corrected chi connectivity index (χ1v) is 10.6. The molecule has 1 aliphatic heterocycles. The molecule has 2 nitrogen and oxygen atoms in total. The highest BCUT2D eigenvalue weighted by atomic mass is 16.5. The van der Waals surface area contributed by atoms with Gasteiger partial charge in [0.15, 0.2) is 5.90 Å². The second kappa shape index (κ2) is 11.9. The molecule has 0 saturated heterocycles. The minimum absolute atomic E-state index is 0.0119. The maximum absolute atomic E-state index is 5.65. The summed E-state index contributed by atoms with van der Waals surface area (Å²) in [6.45, 7) is 12.2. The maximum Gasteiger partial charge on any atom is 0.183 e. The average Bonchev–Trinajstić information content (AvgIpc) is 2.86. The van der Waals surface area contributed by atoms with Crippen molar-refractivity contribution in [3.05, 3.63) is 0 Å². The van der Waals surface area contributed by atoms with Gasteiger partial charge in [0.2, 0.25) is 0 Å². The molecule has 2 atom stereocenters. The standard InChI is InChI=1S/C22H43NO/c1-6-7-8-11-14-19(2)17-20(3)15-12-9-10-13-16-21-23-22(4,5)18-24-21/h19-20H,6-18H2,1-5H3. The second-order valence-electron chi connectivity index (χ2n) is 8.85. The minimum Gasteiger partial charge on any atom is -0.478 e. The summed E-state index contributed by atoms with van der Waals surface area (Å²) in [6, 6.07) is 0. The Bertz CT molecular complexity index is 348. The van der Waals surface area contributed by atoms with Crippen LogP contribution in [-0.4, -0.2) is 18.0 Å². The number of aliphatic imine (C=N–C) groups is 1. The number of unbranched alkanes of at least 4 members (excludes halogenated alkanes) is 6. The van der Waals surface area contributed by atoms with Gasteiger partial charge in [-0.05, 0) is 38.5 Å². The minimum atomic E-state index is 0.0119. The molecule has 0 aromatic carbocycles. The number of ether oxygens (including phenoxy) is 1. The summed E-state index contributed by atoms with van der Waals surface area (Å²) in [5.74, 6) is 2.80. The molecule has 0 bridgehead atoms. The first kappa shape index (κ1) is 21.5. The van der Waals surface area contributed by atoms with Crippen molar-refractivity contribution in [2.24, 2.45) is 16.8 Å². The van der Waals surface area contributed by atoms with E-state index in [1.54, 1.807) is 0 Å². The smallest absolute Gasteiger partial charge is 0.183 e. The van der Waals surface area contributed by atoms with Crippen LogP contribution in [0.25, 0.3) is 0 Å². The van der Waals surface area contributed by atoms with E-state index in [1.807, 2.05) is 0 Å². The Balaban J connectivity index is 1.95. The van der Waals surface area contributed by atoms with E-state index in [4.69, 9.17) is 4.74 Å². The fraction of sp³-hybridized carbons (Fsp3) is 0.955. The molecule has 1 heterocycles. The summed E-state index contributed by atoms with van der Waals surface area (Å²) < 4.78 is 5.65. The normalized spacial score (nSPS) is 19.0. The molecular weight excluding hydrogens is 294 g/mol. The lowest BCUT2D eigenvalue weighted by Gasteiger charge is -2.17. The monoisotopic (exact) mass is 337 g/mol. The lowest BCUT2D eigenvalue weighted by Crippen LogP contribution is -2.17. The van der Waals surface area contributed by atoms with E-state index in [0.29, 0.717) is 0 Å². The topological polar surface area (TPSA) is 21.6 Å². The first-order valence-electron chi connectivity index (χ1n) is 10.6.